The molecule has 2 heterocycles. The zero-order valence-corrected chi connectivity index (χ0v) is 13.9. The first-order valence-electron chi connectivity index (χ1n) is 8.31. The number of nitrogens with one attached hydrogen (secondary N) is 2. The second kappa shape index (κ2) is 8.23. The molecule has 1 aromatic heterocycles. The van der Waals surface area contributed by atoms with Crippen LogP contribution >= 0.6 is 0 Å². The lowest BCUT2D eigenvalue weighted by Gasteiger charge is -2.16. The Kier molecular flexibility index (Phi) is 5.56. The van der Waals surface area contributed by atoms with Gasteiger partial charge in [0.05, 0.1) is 12.1 Å². The van der Waals surface area contributed by atoms with Crippen LogP contribution in [0.4, 0.5) is 5.82 Å². The Morgan fingerprint density at radius 1 is 1.20 bits per heavy atom. The number of amides is 2. The number of anilines is 1. The minimum atomic E-state index is -0.285. The Labute approximate surface area is 146 Å². The van der Waals surface area contributed by atoms with Crippen LogP contribution in [0.2, 0.25) is 0 Å². The van der Waals surface area contributed by atoms with Gasteiger partial charge < -0.3 is 15.5 Å². The van der Waals surface area contributed by atoms with Crippen LogP contribution in [0.3, 0.4) is 0 Å². The van der Waals surface area contributed by atoms with Crippen LogP contribution in [0.25, 0.3) is 0 Å². The van der Waals surface area contributed by atoms with E-state index in [-0.39, 0.29) is 24.2 Å². The molecule has 2 N–H and O–H groups in total. The molecule has 1 aromatic carbocycles. The molecule has 0 spiro atoms. The third-order valence-electron chi connectivity index (χ3n) is 4.10. The first kappa shape index (κ1) is 16.9. The summed E-state index contributed by atoms with van der Waals surface area (Å²) >= 11 is 0. The maximum Gasteiger partial charge on any atom is 0.225 e. The monoisotopic (exact) mass is 339 g/mol. The summed E-state index contributed by atoms with van der Waals surface area (Å²) < 4.78 is 0. The van der Waals surface area contributed by atoms with E-state index in [9.17, 15) is 9.59 Å². The number of nitrogens with zero attached hydrogens (tertiary/aromatic N) is 3. The fraction of sp³-hybridized carbons (Fsp3) is 0.333. The van der Waals surface area contributed by atoms with Crippen LogP contribution < -0.4 is 10.6 Å². The molecule has 25 heavy (non-hydrogen) atoms. The second-order valence-electron chi connectivity index (χ2n) is 5.97. The van der Waals surface area contributed by atoms with Gasteiger partial charge in [0, 0.05) is 45.0 Å². The number of hydrogen-bond acceptors (Lipinski definition) is 5. The lowest BCUT2D eigenvalue weighted by Crippen LogP contribution is -2.35. The van der Waals surface area contributed by atoms with Crippen molar-refractivity contribution < 1.29 is 9.59 Å². The van der Waals surface area contributed by atoms with Crippen molar-refractivity contribution in [1.82, 2.24) is 20.2 Å². The normalized spacial score (nSPS) is 16.7. The zero-order valence-electron chi connectivity index (χ0n) is 13.9. The molecular formula is C18H21N5O2. The summed E-state index contributed by atoms with van der Waals surface area (Å²) in [4.78, 5) is 34.2. The van der Waals surface area contributed by atoms with Crippen LogP contribution in [0.5, 0.6) is 0 Å². The van der Waals surface area contributed by atoms with Crippen LogP contribution in [-0.2, 0) is 16.1 Å². The van der Waals surface area contributed by atoms with E-state index in [4.69, 9.17) is 0 Å². The molecule has 7 nitrogen and oxygen atoms in total. The van der Waals surface area contributed by atoms with Gasteiger partial charge in [-0.15, -0.1) is 0 Å². The predicted octanol–water partition coefficient (Wildman–Crippen LogP) is 1.05. The highest BCUT2D eigenvalue weighted by molar-refractivity contribution is 5.89. The van der Waals surface area contributed by atoms with Crippen molar-refractivity contribution in [3.8, 4) is 0 Å². The molecule has 1 aliphatic heterocycles. The second-order valence-corrected chi connectivity index (χ2v) is 5.97. The Hall–Kier alpha value is -2.96. The van der Waals surface area contributed by atoms with Crippen molar-refractivity contribution in [2.24, 2.45) is 5.92 Å². The third-order valence-corrected chi connectivity index (χ3v) is 4.10. The zero-order chi connectivity index (χ0) is 17.5. The summed E-state index contributed by atoms with van der Waals surface area (Å²) in [5.41, 5.74) is 1.07. The van der Waals surface area contributed by atoms with E-state index >= 15 is 0 Å². The maximum absolute atomic E-state index is 12.3. The summed E-state index contributed by atoms with van der Waals surface area (Å²) in [5, 5.41) is 5.95. The molecule has 0 unspecified atom stereocenters. The average Bonchev–Trinajstić information content (AvgIpc) is 3.01. The lowest BCUT2D eigenvalue weighted by atomic mass is 10.1. The highest BCUT2D eigenvalue weighted by atomic mass is 16.2. The molecule has 1 fully saturated rings. The summed E-state index contributed by atoms with van der Waals surface area (Å²) in [5.74, 6) is 0.334. The van der Waals surface area contributed by atoms with Crippen molar-refractivity contribution in [3.05, 3.63) is 54.5 Å². The molecule has 0 bridgehead atoms. The van der Waals surface area contributed by atoms with Crippen molar-refractivity contribution >= 4 is 17.6 Å². The minimum Gasteiger partial charge on any atom is -0.367 e. The number of hydrogen-bond donors (Lipinski definition) is 2. The minimum absolute atomic E-state index is 0.0293. The molecule has 130 valence electrons. The largest absolute Gasteiger partial charge is 0.367 e. The number of carbonyl (C=O) groups excluding carboxylic acids is 2. The van der Waals surface area contributed by atoms with Crippen LogP contribution in [0.15, 0.2) is 48.9 Å². The van der Waals surface area contributed by atoms with Gasteiger partial charge >= 0.3 is 0 Å². The van der Waals surface area contributed by atoms with Crippen molar-refractivity contribution in [2.75, 3.05) is 25.0 Å². The smallest absolute Gasteiger partial charge is 0.225 e. The van der Waals surface area contributed by atoms with E-state index in [2.05, 4.69) is 20.6 Å². The highest BCUT2D eigenvalue weighted by Gasteiger charge is 2.33. The number of benzene rings is 1. The van der Waals surface area contributed by atoms with E-state index in [0.717, 1.165) is 5.56 Å². The van der Waals surface area contributed by atoms with Crippen LogP contribution in [0.1, 0.15) is 12.0 Å². The molecule has 0 aliphatic carbocycles. The number of likely N-dealkylation sites (tertiary alicyclic amines) is 1. The SMILES string of the molecule is O=C(NCCNc1cnccn1)[C@H]1CC(=O)N(Cc2ccccc2)C1. The first-order valence-corrected chi connectivity index (χ1v) is 8.31. The third kappa shape index (κ3) is 4.76. The average molecular weight is 339 g/mol. The molecule has 2 amide bonds. The van der Waals surface area contributed by atoms with Gasteiger partial charge in [-0.3, -0.25) is 14.6 Å². The van der Waals surface area contributed by atoms with Crippen LogP contribution in [0, 0.1) is 5.92 Å². The fourth-order valence-electron chi connectivity index (χ4n) is 2.82. The van der Waals surface area contributed by atoms with Gasteiger partial charge in [0.25, 0.3) is 0 Å². The van der Waals surface area contributed by atoms with E-state index in [1.165, 1.54) is 0 Å². The van der Waals surface area contributed by atoms with E-state index in [1.807, 2.05) is 30.3 Å². The summed E-state index contributed by atoms with van der Waals surface area (Å²) in [6.07, 6.45) is 5.10. The van der Waals surface area contributed by atoms with Gasteiger partial charge in [0.1, 0.15) is 5.82 Å². The molecule has 0 radical (unpaired) electrons. The van der Waals surface area contributed by atoms with E-state index in [1.54, 1.807) is 23.5 Å². The molecule has 0 saturated carbocycles. The maximum atomic E-state index is 12.3. The Bertz CT molecular complexity index is 708. The fourth-order valence-corrected chi connectivity index (χ4v) is 2.82. The van der Waals surface area contributed by atoms with Crippen molar-refractivity contribution in [3.63, 3.8) is 0 Å². The standard InChI is InChI=1S/C18H21N5O2/c24-17-10-15(13-23(17)12-14-4-2-1-3-5-14)18(25)22-9-8-21-16-11-19-6-7-20-16/h1-7,11,15H,8-10,12-13H2,(H,20,21)(H,22,25)/t15-/m0/s1. The van der Waals surface area contributed by atoms with E-state index in [0.29, 0.717) is 32.0 Å². The van der Waals surface area contributed by atoms with Gasteiger partial charge in [-0.1, -0.05) is 30.3 Å². The highest BCUT2D eigenvalue weighted by Crippen LogP contribution is 2.20. The van der Waals surface area contributed by atoms with Gasteiger partial charge in [-0.05, 0) is 5.56 Å². The van der Waals surface area contributed by atoms with Gasteiger partial charge in [-0.25, -0.2) is 4.98 Å². The Morgan fingerprint density at radius 2 is 2.04 bits per heavy atom. The Balaban J connectivity index is 1.41. The molecule has 1 saturated heterocycles. The van der Waals surface area contributed by atoms with Crippen molar-refractivity contribution in [2.45, 2.75) is 13.0 Å². The molecular weight excluding hydrogens is 318 g/mol. The number of rotatable bonds is 7. The van der Waals surface area contributed by atoms with Gasteiger partial charge in [0.2, 0.25) is 11.8 Å². The summed E-state index contributed by atoms with van der Waals surface area (Å²) in [6, 6.07) is 9.81. The topological polar surface area (TPSA) is 87.2 Å². The summed E-state index contributed by atoms with van der Waals surface area (Å²) in [7, 11) is 0. The molecule has 2 aromatic rings. The number of carbonyl (C=O) groups is 2. The Morgan fingerprint density at radius 3 is 2.80 bits per heavy atom. The molecule has 1 atom stereocenters. The summed E-state index contributed by atoms with van der Waals surface area (Å²) in [6.45, 7) is 2.05. The lowest BCUT2D eigenvalue weighted by molar-refractivity contribution is -0.129. The van der Waals surface area contributed by atoms with Crippen LogP contribution in [-0.4, -0.2) is 46.3 Å². The number of aromatic nitrogens is 2. The first-order chi connectivity index (χ1) is 12.2. The predicted molar refractivity (Wildman–Crippen MR) is 93.5 cm³/mol. The quantitative estimate of drug-likeness (QED) is 0.737. The molecule has 3 rings (SSSR count). The van der Waals surface area contributed by atoms with Gasteiger partial charge in [-0.2, -0.15) is 0 Å². The van der Waals surface area contributed by atoms with Gasteiger partial charge in [0.15, 0.2) is 0 Å². The van der Waals surface area contributed by atoms with Crippen molar-refractivity contribution in [1.29, 1.82) is 0 Å². The van der Waals surface area contributed by atoms with E-state index < -0.39 is 0 Å². The molecule has 7 heteroatoms. The molecule has 1 aliphatic rings.